The molecule has 1 aliphatic carbocycles. The molecule has 0 amide bonds. The fourth-order valence-corrected chi connectivity index (χ4v) is 3.77. The second-order valence-corrected chi connectivity index (χ2v) is 6.25. The van der Waals surface area contributed by atoms with Crippen LogP contribution in [0.15, 0.2) is 24.5 Å². The van der Waals surface area contributed by atoms with Crippen molar-refractivity contribution in [3.8, 4) is 0 Å². The highest BCUT2D eigenvalue weighted by atomic mass is 35.5. The van der Waals surface area contributed by atoms with Crippen molar-refractivity contribution in [2.75, 3.05) is 18.1 Å². The molecule has 2 aliphatic rings. The molecule has 110 valence electrons. The van der Waals surface area contributed by atoms with Crippen LogP contribution in [-0.4, -0.2) is 35.3 Å². The van der Waals surface area contributed by atoms with Gasteiger partial charge < -0.3 is 9.64 Å². The molecule has 4 nitrogen and oxygen atoms in total. The van der Waals surface area contributed by atoms with Crippen LogP contribution in [0.4, 0.5) is 5.82 Å². The normalized spacial score (nSPS) is 25.9. The van der Waals surface area contributed by atoms with Crippen LogP contribution < -0.4 is 4.90 Å². The van der Waals surface area contributed by atoms with Gasteiger partial charge in [0, 0.05) is 17.0 Å². The van der Waals surface area contributed by atoms with Crippen LogP contribution >= 0.6 is 11.6 Å². The molecule has 2 aromatic rings. The molecular weight excluding hydrogens is 286 g/mol. The lowest BCUT2D eigenvalue weighted by molar-refractivity contribution is -0.00887. The summed E-state index contributed by atoms with van der Waals surface area (Å²) in [5, 5.41) is 1.79. The van der Waals surface area contributed by atoms with E-state index in [1.165, 1.54) is 19.3 Å². The largest absolute Gasteiger partial charge is 0.374 e. The Bertz CT molecular complexity index is 661. The predicted molar refractivity (Wildman–Crippen MR) is 83.9 cm³/mol. The monoisotopic (exact) mass is 303 g/mol. The molecule has 2 heterocycles. The zero-order chi connectivity index (χ0) is 14.2. The number of aromatic nitrogens is 2. The van der Waals surface area contributed by atoms with Crippen molar-refractivity contribution < 1.29 is 4.74 Å². The Morgan fingerprint density at radius 3 is 3.05 bits per heavy atom. The quantitative estimate of drug-likeness (QED) is 0.809. The number of benzene rings is 1. The summed E-state index contributed by atoms with van der Waals surface area (Å²) in [4.78, 5) is 11.3. The van der Waals surface area contributed by atoms with Crippen molar-refractivity contribution >= 4 is 28.3 Å². The molecule has 0 bridgehead atoms. The van der Waals surface area contributed by atoms with E-state index in [1.807, 2.05) is 18.2 Å². The van der Waals surface area contributed by atoms with Gasteiger partial charge in [-0.1, -0.05) is 24.4 Å². The second-order valence-electron chi connectivity index (χ2n) is 5.81. The van der Waals surface area contributed by atoms with Crippen molar-refractivity contribution in [3.63, 3.8) is 0 Å². The minimum absolute atomic E-state index is 0.352. The zero-order valence-corrected chi connectivity index (χ0v) is 12.6. The molecule has 1 saturated carbocycles. The van der Waals surface area contributed by atoms with Crippen LogP contribution in [0.2, 0.25) is 5.02 Å². The van der Waals surface area contributed by atoms with E-state index in [0.717, 1.165) is 36.3 Å². The number of hydrogen-bond acceptors (Lipinski definition) is 4. The molecule has 2 fully saturated rings. The average molecular weight is 304 g/mol. The first-order valence-electron chi connectivity index (χ1n) is 7.61. The lowest BCUT2D eigenvalue weighted by Crippen LogP contribution is -2.53. The van der Waals surface area contributed by atoms with Gasteiger partial charge in [-0.15, -0.1) is 0 Å². The van der Waals surface area contributed by atoms with E-state index in [9.17, 15) is 0 Å². The number of morpholine rings is 1. The summed E-state index contributed by atoms with van der Waals surface area (Å²) in [5.41, 5.74) is 0.909. The van der Waals surface area contributed by atoms with Crippen LogP contribution in [0.25, 0.3) is 10.9 Å². The van der Waals surface area contributed by atoms with Gasteiger partial charge in [0.15, 0.2) is 0 Å². The average Bonchev–Trinajstić information content (AvgIpc) is 2.53. The SMILES string of the molecule is Clc1ccc2c(N3CCO[C@@H]4CCCC[C@H]43)ncnc2c1. The molecule has 0 unspecified atom stereocenters. The number of rotatable bonds is 1. The third-order valence-corrected chi connectivity index (χ3v) is 4.82. The fraction of sp³-hybridized carbons (Fsp3) is 0.500. The standard InChI is InChI=1S/C16H18ClN3O/c17-11-5-6-12-13(9-11)18-10-19-16(12)20-7-8-21-15-4-2-1-3-14(15)20/h5-6,9-10,14-15H,1-4,7-8H2/t14-,15-/m1/s1. The summed E-state index contributed by atoms with van der Waals surface area (Å²) in [5.74, 6) is 1.02. The molecule has 0 radical (unpaired) electrons. The van der Waals surface area contributed by atoms with Crippen LogP contribution in [0.5, 0.6) is 0 Å². The lowest BCUT2D eigenvalue weighted by Gasteiger charge is -2.44. The first-order chi connectivity index (χ1) is 10.3. The van der Waals surface area contributed by atoms with Gasteiger partial charge in [-0.3, -0.25) is 0 Å². The van der Waals surface area contributed by atoms with E-state index in [4.69, 9.17) is 16.3 Å². The van der Waals surface area contributed by atoms with E-state index in [0.29, 0.717) is 17.2 Å². The first kappa shape index (κ1) is 13.3. The number of hydrogen-bond donors (Lipinski definition) is 0. The smallest absolute Gasteiger partial charge is 0.140 e. The van der Waals surface area contributed by atoms with Crippen LogP contribution in [0.1, 0.15) is 25.7 Å². The molecule has 4 rings (SSSR count). The molecule has 5 heteroatoms. The van der Waals surface area contributed by atoms with E-state index >= 15 is 0 Å². The van der Waals surface area contributed by atoms with Gasteiger partial charge >= 0.3 is 0 Å². The Morgan fingerprint density at radius 2 is 2.10 bits per heavy atom. The Labute approximate surface area is 129 Å². The van der Waals surface area contributed by atoms with Gasteiger partial charge in [-0.05, 0) is 31.0 Å². The van der Waals surface area contributed by atoms with Gasteiger partial charge in [0.2, 0.25) is 0 Å². The van der Waals surface area contributed by atoms with E-state index in [-0.39, 0.29) is 0 Å². The molecule has 1 aliphatic heterocycles. The van der Waals surface area contributed by atoms with Crippen molar-refractivity contribution in [2.24, 2.45) is 0 Å². The predicted octanol–water partition coefficient (Wildman–Crippen LogP) is 3.43. The lowest BCUT2D eigenvalue weighted by atomic mass is 9.90. The molecular formula is C16H18ClN3O. The fourth-order valence-electron chi connectivity index (χ4n) is 3.60. The summed E-state index contributed by atoms with van der Waals surface area (Å²) in [6.45, 7) is 1.68. The number of anilines is 1. The molecule has 0 N–H and O–H groups in total. The van der Waals surface area contributed by atoms with Gasteiger partial charge in [0.1, 0.15) is 12.1 Å². The Kier molecular flexibility index (Phi) is 3.43. The molecule has 21 heavy (non-hydrogen) atoms. The minimum Gasteiger partial charge on any atom is -0.374 e. The highest BCUT2D eigenvalue weighted by Gasteiger charge is 2.35. The van der Waals surface area contributed by atoms with Crippen molar-refractivity contribution in [1.82, 2.24) is 9.97 Å². The molecule has 1 saturated heterocycles. The molecule has 1 aromatic heterocycles. The second kappa shape index (κ2) is 5.43. The molecule has 0 spiro atoms. The summed E-state index contributed by atoms with van der Waals surface area (Å²) in [6.07, 6.45) is 6.89. The van der Waals surface area contributed by atoms with E-state index in [1.54, 1.807) is 6.33 Å². The summed E-state index contributed by atoms with van der Waals surface area (Å²) in [6, 6.07) is 6.29. The number of ether oxygens (including phenoxy) is 1. The Balaban J connectivity index is 1.78. The summed E-state index contributed by atoms with van der Waals surface area (Å²) >= 11 is 6.07. The third kappa shape index (κ3) is 2.36. The minimum atomic E-state index is 0.352. The van der Waals surface area contributed by atoms with Crippen LogP contribution in [0.3, 0.4) is 0 Å². The third-order valence-electron chi connectivity index (χ3n) is 4.58. The Hall–Kier alpha value is -1.39. The van der Waals surface area contributed by atoms with Gasteiger partial charge in [-0.2, -0.15) is 0 Å². The maximum Gasteiger partial charge on any atom is 0.140 e. The van der Waals surface area contributed by atoms with Crippen molar-refractivity contribution in [2.45, 2.75) is 37.8 Å². The molecule has 1 aromatic carbocycles. The van der Waals surface area contributed by atoms with Crippen LogP contribution in [0, 0.1) is 0 Å². The van der Waals surface area contributed by atoms with E-state index in [2.05, 4.69) is 14.9 Å². The Morgan fingerprint density at radius 1 is 1.19 bits per heavy atom. The van der Waals surface area contributed by atoms with Gasteiger partial charge in [0.05, 0.1) is 24.3 Å². The number of fused-ring (bicyclic) bond motifs is 2. The zero-order valence-electron chi connectivity index (χ0n) is 11.8. The van der Waals surface area contributed by atoms with Gasteiger partial charge in [0.25, 0.3) is 0 Å². The van der Waals surface area contributed by atoms with Crippen molar-refractivity contribution in [1.29, 1.82) is 0 Å². The van der Waals surface area contributed by atoms with Gasteiger partial charge in [-0.25, -0.2) is 9.97 Å². The topological polar surface area (TPSA) is 38.2 Å². The van der Waals surface area contributed by atoms with Crippen LogP contribution in [-0.2, 0) is 4.74 Å². The number of nitrogens with zero attached hydrogens (tertiary/aromatic N) is 3. The summed E-state index contributed by atoms with van der Waals surface area (Å²) < 4.78 is 5.96. The maximum absolute atomic E-state index is 6.07. The van der Waals surface area contributed by atoms with E-state index < -0.39 is 0 Å². The summed E-state index contributed by atoms with van der Waals surface area (Å²) in [7, 11) is 0. The first-order valence-corrected chi connectivity index (χ1v) is 7.99. The highest BCUT2D eigenvalue weighted by Crippen LogP contribution is 2.34. The maximum atomic E-state index is 6.07. The molecule has 2 atom stereocenters. The van der Waals surface area contributed by atoms with Crippen molar-refractivity contribution in [3.05, 3.63) is 29.5 Å². The highest BCUT2D eigenvalue weighted by molar-refractivity contribution is 6.31. The number of halogens is 1.